The number of aliphatic hydroxyl groups excluding tert-OH is 1. The van der Waals surface area contributed by atoms with Crippen molar-refractivity contribution >= 4 is 12.4 Å². The van der Waals surface area contributed by atoms with Gasteiger partial charge in [0.05, 0.1) is 18.8 Å². The van der Waals surface area contributed by atoms with E-state index in [0.717, 1.165) is 30.9 Å². The third-order valence-electron chi connectivity index (χ3n) is 3.82. The van der Waals surface area contributed by atoms with Crippen molar-refractivity contribution in [3.8, 4) is 0 Å². The third-order valence-corrected chi connectivity index (χ3v) is 3.82. The molecule has 5 nitrogen and oxygen atoms in total. The molecule has 2 N–H and O–H groups in total. The van der Waals surface area contributed by atoms with Crippen LogP contribution in [-0.2, 0) is 13.2 Å². The van der Waals surface area contributed by atoms with Crippen LogP contribution in [0.3, 0.4) is 0 Å². The number of aromatic nitrogens is 3. The Labute approximate surface area is 130 Å². The molecule has 0 radical (unpaired) electrons. The van der Waals surface area contributed by atoms with E-state index < -0.39 is 0 Å². The van der Waals surface area contributed by atoms with Crippen molar-refractivity contribution < 1.29 is 5.11 Å². The average Bonchev–Trinajstić information content (AvgIpc) is 2.97. The van der Waals surface area contributed by atoms with E-state index in [9.17, 15) is 0 Å². The van der Waals surface area contributed by atoms with E-state index >= 15 is 0 Å². The molecule has 114 valence electrons. The molecule has 0 saturated carbocycles. The summed E-state index contributed by atoms with van der Waals surface area (Å²) in [6.45, 7) is 2.92. The highest BCUT2D eigenvalue weighted by Gasteiger charge is 2.18. The minimum absolute atomic E-state index is 0. The molecule has 1 fully saturated rings. The molecule has 0 spiro atoms. The molecule has 1 unspecified atom stereocenters. The lowest BCUT2D eigenvalue weighted by Gasteiger charge is -2.20. The quantitative estimate of drug-likeness (QED) is 0.902. The molecule has 1 aliphatic heterocycles. The number of piperidine rings is 1. The van der Waals surface area contributed by atoms with Crippen LogP contribution in [0.25, 0.3) is 0 Å². The third kappa shape index (κ3) is 4.03. The van der Waals surface area contributed by atoms with Crippen molar-refractivity contribution in [3.63, 3.8) is 0 Å². The highest BCUT2D eigenvalue weighted by molar-refractivity contribution is 5.85. The second-order valence-corrected chi connectivity index (χ2v) is 5.36. The van der Waals surface area contributed by atoms with Crippen molar-refractivity contribution in [1.29, 1.82) is 0 Å². The SMILES string of the molecule is Cl.OCc1ccc(Cn2cc(C3CCCNC3)nn2)cc1. The molecule has 1 aromatic heterocycles. The maximum atomic E-state index is 9.03. The number of benzene rings is 1. The van der Waals surface area contributed by atoms with E-state index in [2.05, 4.69) is 21.8 Å². The molecule has 6 heteroatoms. The first-order valence-electron chi connectivity index (χ1n) is 7.14. The summed E-state index contributed by atoms with van der Waals surface area (Å²) in [7, 11) is 0. The van der Waals surface area contributed by atoms with Gasteiger partial charge in [-0.05, 0) is 30.5 Å². The molecule has 1 atom stereocenters. The summed E-state index contributed by atoms with van der Waals surface area (Å²) in [4.78, 5) is 0. The van der Waals surface area contributed by atoms with Crippen LogP contribution < -0.4 is 5.32 Å². The second-order valence-electron chi connectivity index (χ2n) is 5.36. The normalized spacial score (nSPS) is 18.2. The van der Waals surface area contributed by atoms with E-state index in [1.165, 1.54) is 18.4 Å². The number of halogens is 1. The zero-order valence-corrected chi connectivity index (χ0v) is 12.7. The van der Waals surface area contributed by atoms with Crippen molar-refractivity contribution in [2.75, 3.05) is 13.1 Å². The zero-order valence-electron chi connectivity index (χ0n) is 11.9. The predicted molar refractivity (Wildman–Crippen MR) is 83.6 cm³/mol. The Morgan fingerprint density at radius 2 is 2.00 bits per heavy atom. The fourth-order valence-corrected chi connectivity index (χ4v) is 2.62. The largest absolute Gasteiger partial charge is 0.392 e. The van der Waals surface area contributed by atoms with Crippen LogP contribution in [0.5, 0.6) is 0 Å². The van der Waals surface area contributed by atoms with Gasteiger partial charge in [-0.2, -0.15) is 0 Å². The van der Waals surface area contributed by atoms with Crippen molar-refractivity contribution in [1.82, 2.24) is 20.3 Å². The lowest BCUT2D eigenvalue weighted by molar-refractivity contribution is 0.282. The van der Waals surface area contributed by atoms with Crippen LogP contribution in [-0.4, -0.2) is 33.2 Å². The highest BCUT2D eigenvalue weighted by atomic mass is 35.5. The van der Waals surface area contributed by atoms with Gasteiger partial charge in [-0.3, -0.25) is 0 Å². The second kappa shape index (κ2) is 7.54. The van der Waals surface area contributed by atoms with Crippen LogP contribution in [0.4, 0.5) is 0 Å². The number of hydrogen-bond acceptors (Lipinski definition) is 4. The van der Waals surface area contributed by atoms with Gasteiger partial charge in [0.2, 0.25) is 0 Å². The first kappa shape index (κ1) is 15.9. The minimum Gasteiger partial charge on any atom is -0.392 e. The number of aliphatic hydroxyl groups is 1. The molecule has 3 rings (SSSR count). The van der Waals surface area contributed by atoms with E-state index in [0.29, 0.717) is 5.92 Å². The fourth-order valence-electron chi connectivity index (χ4n) is 2.62. The molecule has 1 aromatic carbocycles. The Bertz CT molecular complexity index is 549. The number of nitrogens with one attached hydrogen (secondary N) is 1. The van der Waals surface area contributed by atoms with Gasteiger partial charge in [-0.25, -0.2) is 4.68 Å². The maximum absolute atomic E-state index is 9.03. The van der Waals surface area contributed by atoms with Crippen LogP contribution in [0.2, 0.25) is 0 Å². The summed E-state index contributed by atoms with van der Waals surface area (Å²) in [5, 5.41) is 21.0. The van der Waals surface area contributed by atoms with Gasteiger partial charge in [-0.15, -0.1) is 17.5 Å². The number of nitrogens with zero attached hydrogens (tertiary/aromatic N) is 3. The highest BCUT2D eigenvalue weighted by Crippen LogP contribution is 2.20. The fraction of sp³-hybridized carbons (Fsp3) is 0.467. The smallest absolute Gasteiger partial charge is 0.0870 e. The predicted octanol–water partition coefficient (Wildman–Crippen LogP) is 1.71. The van der Waals surface area contributed by atoms with Gasteiger partial charge in [0, 0.05) is 18.7 Å². The van der Waals surface area contributed by atoms with Crippen LogP contribution in [0.15, 0.2) is 30.5 Å². The number of hydrogen-bond donors (Lipinski definition) is 2. The monoisotopic (exact) mass is 308 g/mol. The molecular weight excluding hydrogens is 288 g/mol. The van der Waals surface area contributed by atoms with Gasteiger partial charge < -0.3 is 10.4 Å². The average molecular weight is 309 g/mol. The van der Waals surface area contributed by atoms with Crippen LogP contribution >= 0.6 is 12.4 Å². The van der Waals surface area contributed by atoms with Gasteiger partial charge in [0.1, 0.15) is 0 Å². The minimum atomic E-state index is 0. The molecule has 0 aliphatic carbocycles. The lowest BCUT2D eigenvalue weighted by atomic mass is 9.97. The summed E-state index contributed by atoms with van der Waals surface area (Å²) in [6, 6.07) is 7.93. The van der Waals surface area contributed by atoms with Crippen LogP contribution in [0, 0.1) is 0 Å². The van der Waals surface area contributed by atoms with Crippen molar-refractivity contribution in [2.24, 2.45) is 0 Å². The Hall–Kier alpha value is -1.43. The molecule has 2 heterocycles. The summed E-state index contributed by atoms with van der Waals surface area (Å²) in [5.74, 6) is 0.495. The van der Waals surface area contributed by atoms with Crippen molar-refractivity contribution in [3.05, 3.63) is 47.3 Å². The molecular formula is C15H21ClN4O. The molecule has 0 bridgehead atoms. The van der Waals surface area contributed by atoms with E-state index in [4.69, 9.17) is 5.11 Å². The molecule has 1 aliphatic rings. The first-order valence-corrected chi connectivity index (χ1v) is 7.14. The first-order chi connectivity index (χ1) is 9.85. The Morgan fingerprint density at radius 3 is 2.67 bits per heavy atom. The Balaban J connectivity index is 0.00000161. The van der Waals surface area contributed by atoms with Gasteiger partial charge in [-0.1, -0.05) is 29.5 Å². The summed E-state index contributed by atoms with van der Waals surface area (Å²) < 4.78 is 1.89. The lowest BCUT2D eigenvalue weighted by Crippen LogP contribution is -2.28. The topological polar surface area (TPSA) is 63.0 Å². The standard InChI is InChI=1S/C15H20N4O.ClH/c20-11-13-5-3-12(4-6-13)9-19-10-15(17-18-19)14-2-1-7-16-8-14;/h3-6,10,14,16,20H,1-2,7-9,11H2;1H. The number of rotatable bonds is 4. The van der Waals surface area contributed by atoms with E-state index in [-0.39, 0.29) is 19.0 Å². The molecule has 2 aromatic rings. The van der Waals surface area contributed by atoms with E-state index in [1.54, 1.807) is 0 Å². The molecule has 0 amide bonds. The summed E-state index contributed by atoms with van der Waals surface area (Å²) in [5.41, 5.74) is 3.19. The maximum Gasteiger partial charge on any atom is 0.0870 e. The van der Waals surface area contributed by atoms with E-state index in [1.807, 2.05) is 28.9 Å². The summed E-state index contributed by atoms with van der Waals surface area (Å²) >= 11 is 0. The van der Waals surface area contributed by atoms with Crippen LogP contribution in [0.1, 0.15) is 35.6 Å². The van der Waals surface area contributed by atoms with Gasteiger partial charge in [0.25, 0.3) is 0 Å². The molecule has 21 heavy (non-hydrogen) atoms. The molecule has 1 saturated heterocycles. The van der Waals surface area contributed by atoms with Gasteiger partial charge in [0.15, 0.2) is 0 Å². The Morgan fingerprint density at radius 1 is 1.24 bits per heavy atom. The van der Waals surface area contributed by atoms with Crippen molar-refractivity contribution in [2.45, 2.75) is 31.9 Å². The zero-order chi connectivity index (χ0) is 13.8. The summed E-state index contributed by atoms with van der Waals surface area (Å²) in [6.07, 6.45) is 4.45. The van der Waals surface area contributed by atoms with Gasteiger partial charge >= 0.3 is 0 Å². The Kier molecular flexibility index (Phi) is 5.73.